The summed E-state index contributed by atoms with van der Waals surface area (Å²) in [6, 6.07) is 16.8. The Hall–Kier alpha value is -2.49. The SMILES string of the molecule is CCN(c1ccccc1)C1CN(C(=O)Nc2c(C)cccc2C)C1. The molecular formula is C20H25N3O. The van der Waals surface area contributed by atoms with E-state index in [2.05, 4.69) is 41.4 Å². The van der Waals surface area contributed by atoms with Gasteiger partial charge in [-0.3, -0.25) is 0 Å². The molecule has 1 fully saturated rings. The molecular weight excluding hydrogens is 298 g/mol. The van der Waals surface area contributed by atoms with Gasteiger partial charge in [-0.25, -0.2) is 4.79 Å². The second-order valence-corrected chi connectivity index (χ2v) is 6.38. The fourth-order valence-electron chi connectivity index (χ4n) is 3.29. The Labute approximate surface area is 144 Å². The number of benzene rings is 2. The van der Waals surface area contributed by atoms with Gasteiger partial charge in [-0.05, 0) is 44.0 Å². The zero-order chi connectivity index (χ0) is 17.1. The lowest BCUT2D eigenvalue weighted by Gasteiger charge is -2.46. The van der Waals surface area contributed by atoms with E-state index < -0.39 is 0 Å². The normalized spacial score (nSPS) is 14.2. The van der Waals surface area contributed by atoms with Gasteiger partial charge in [-0.15, -0.1) is 0 Å². The van der Waals surface area contributed by atoms with Crippen molar-refractivity contribution in [2.75, 3.05) is 29.9 Å². The molecule has 4 nitrogen and oxygen atoms in total. The topological polar surface area (TPSA) is 35.6 Å². The minimum atomic E-state index is -0.00670. The Bertz CT molecular complexity index is 688. The van der Waals surface area contributed by atoms with Crippen LogP contribution in [0.2, 0.25) is 0 Å². The Balaban J connectivity index is 1.61. The van der Waals surface area contributed by atoms with Gasteiger partial charge in [-0.1, -0.05) is 36.4 Å². The lowest BCUT2D eigenvalue weighted by Crippen LogP contribution is -2.62. The van der Waals surface area contributed by atoms with E-state index in [9.17, 15) is 4.79 Å². The predicted octanol–water partition coefficient (Wildman–Crippen LogP) is 4.05. The van der Waals surface area contributed by atoms with Crippen molar-refractivity contribution in [3.8, 4) is 0 Å². The van der Waals surface area contributed by atoms with Crippen molar-refractivity contribution in [2.45, 2.75) is 26.8 Å². The number of carbonyl (C=O) groups excluding carboxylic acids is 1. The van der Waals surface area contributed by atoms with E-state index in [0.717, 1.165) is 36.4 Å². The number of aryl methyl sites for hydroxylation is 2. The first kappa shape index (κ1) is 16.4. The lowest BCUT2D eigenvalue weighted by atomic mass is 10.1. The molecule has 0 atom stereocenters. The molecule has 0 saturated carbocycles. The average Bonchev–Trinajstić information content (AvgIpc) is 2.54. The van der Waals surface area contributed by atoms with Crippen molar-refractivity contribution in [1.82, 2.24) is 4.90 Å². The summed E-state index contributed by atoms with van der Waals surface area (Å²) >= 11 is 0. The van der Waals surface area contributed by atoms with E-state index in [1.54, 1.807) is 0 Å². The molecule has 0 spiro atoms. The molecule has 1 aliphatic heterocycles. The molecule has 0 unspecified atom stereocenters. The zero-order valence-electron chi connectivity index (χ0n) is 14.6. The van der Waals surface area contributed by atoms with E-state index in [1.807, 2.05) is 43.0 Å². The van der Waals surface area contributed by atoms with Crippen molar-refractivity contribution in [2.24, 2.45) is 0 Å². The number of likely N-dealkylation sites (N-methyl/N-ethyl adjacent to an activating group) is 1. The van der Waals surface area contributed by atoms with Gasteiger partial charge in [0.25, 0.3) is 0 Å². The quantitative estimate of drug-likeness (QED) is 0.921. The predicted molar refractivity (Wildman–Crippen MR) is 99.8 cm³/mol. The van der Waals surface area contributed by atoms with Crippen LogP contribution in [0.4, 0.5) is 16.2 Å². The van der Waals surface area contributed by atoms with Gasteiger partial charge in [0.05, 0.1) is 6.04 Å². The summed E-state index contributed by atoms with van der Waals surface area (Å²) in [6.07, 6.45) is 0. The van der Waals surface area contributed by atoms with Gasteiger partial charge >= 0.3 is 6.03 Å². The fraction of sp³-hybridized carbons (Fsp3) is 0.350. The van der Waals surface area contributed by atoms with E-state index >= 15 is 0 Å². The summed E-state index contributed by atoms with van der Waals surface area (Å²) in [7, 11) is 0. The number of para-hydroxylation sites is 2. The third-order valence-corrected chi connectivity index (χ3v) is 4.73. The number of urea groups is 1. The van der Waals surface area contributed by atoms with E-state index in [1.165, 1.54) is 5.69 Å². The van der Waals surface area contributed by atoms with Crippen LogP contribution in [0, 0.1) is 13.8 Å². The maximum absolute atomic E-state index is 12.5. The highest BCUT2D eigenvalue weighted by Crippen LogP contribution is 2.24. The smallest absolute Gasteiger partial charge is 0.322 e. The van der Waals surface area contributed by atoms with Crippen molar-refractivity contribution in [3.63, 3.8) is 0 Å². The highest BCUT2D eigenvalue weighted by molar-refractivity contribution is 5.91. The Kier molecular flexibility index (Phi) is 4.74. The van der Waals surface area contributed by atoms with Crippen LogP contribution < -0.4 is 10.2 Å². The second-order valence-electron chi connectivity index (χ2n) is 6.38. The van der Waals surface area contributed by atoms with E-state index in [4.69, 9.17) is 0 Å². The molecule has 1 N–H and O–H groups in total. The third-order valence-electron chi connectivity index (χ3n) is 4.73. The van der Waals surface area contributed by atoms with E-state index in [0.29, 0.717) is 6.04 Å². The van der Waals surface area contributed by atoms with Gasteiger partial charge in [0.2, 0.25) is 0 Å². The Morgan fingerprint density at radius 2 is 1.71 bits per heavy atom. The van der Waals surface area contributed by atoms with Crippen molar-refractivity contribution >= 4 is 17.4 Å². The summed E-state index contributed by atoms with van der Waals surface area (Å²) in [5.74, 6) is 0. The summed E-state index contributed by atoms with van der Waals surface area (Å²) in [6.45, 7) is 8.68. The molecule has 24 heavy (non-hydrogen) atoms. The summed E-state index contributed by atoms with van der Waals surface area (Å²) in [5, 5.41) is 3.07. The number of amides is 2. The molecule has 1 saturated heterocycles. The number of likely N-dealkylation sites (tertiary alicyclic amines) is 1. The van der Waals surface area contributed by atoms with Crippen LogP contribution in [0.1, 0.15) is 18.1 Å². The molecule has 1 heterocycles. The molecule has 0 aliphatic carbocycles. The number of hydrogen-bond acceptors (Lipinski definition) is 2. The maximum Gasteiger partial charge on any atom is 0.322 e. The molecule has 1 aliphatic rings. The number of rotatable bonds is 4. The number of carbonyl (C=O) groups is 1. The van der Waals surface area contributed by atoms with Crippen LogP contribution in [-0.2, 0) is 0 Å². The monoisotopic (exact) mass is 323 g/mol. The van der Waals surface area contributed by atoms with Crippen molar-refractivity contribution in [1.29, 1.82) is 0 Å². The number of nitrogens with zero attached hydrogens (tertiary/aromatic N) is 2. The maximum atomic E-state index is 12.5. The fourth-order valence-corrected chi connectivity index (χ4v) is 3.29. The molecule has 0 bridgehead atoms. The molecule has 3 rings (SSSR count). The van der Waals surface area contributed by atoms with Gasteiger partial charge in [0, 0.05) is 31.0 Å². The second kappa shape index (κ2) is 6.95. The van der Waals surface area contributed by atoms with Crippen LogP contribution in [0.15, 0.2) is 48.5 Å². The Morgan fingerprint density at radius 3 is 2.29 bits per heavy atom. The third kappa shape index (κ3) is 3.23. The van der Waals surface area contributed by atoms with Crippen LogP contribution in [-0.4, -0.2) is 36.6 Å². The minimum Gasteiger partial charge on any atom is -0.365 e. The van der Waals surface area contributed by atoms with Gasteiger partial charge in [0.15, 0.2) is 0 Å². The van der Waals surface area contributed by atoms with Crippen LogP contribution in [0.3, 0.4) is 0 Å². The molecule has 126 valence electrons. The largest absolute Gasteiger partial charge is 0.365 e. The highest BCUT2D eigenvalue weighted by Gasteiger charge is 2.34. The van der Waals surface area contributed by atoms with Crippen LogP contribution >= 0.6 is 0 Å². The molecule has 0 aromatic heterocycles. The van der Waals surface area contributed by atoms with E-state index in [-0.39, 0.29) is 6.03 Å². The minimum absolute atomic E-state index is 0.00670. The van der Waals surface area contributed by atoms with Crippen LogP contribution in [0.25, 0.3) is 0 Å². The number of anilines is 2. The summed E-state index contributed by atoms with van der Waals surface area (Å²) in [5.41, 5.74) is 4.35. The van der Waals surface area contributed by atoms with Crippen LogP contribution in [0.5, 0.6) is 0 Å². The first-order chi connectivity index (χ1) is 11.6. The Morgan fingerprint density at radius 1 is 1.08 bits per heavy atom. The van der Waals surface area contributed by atoms with Crippen molar-refractivity contribution < 1.29 is 4.79 Å². The lowest BCUT2D eigenvalue weighted by molar-refractivity contribution is 0.161. The number of nitrogens with one attached hydrogen (secondary N) is 1. The van der Waals surface area contributed by atoms with Crippen molar-refractivity contribution in [3.05, 3.63) is 59.7 Å². The molecule has 2 aromatic rings. The molecule has 0 radical (unpaired) electrons. The molecule has 4 heteroatoms. The van der Waals surface area contributed by atoms with Gasteiger partial charge < -0.3 is 15.1 Å². The standard InChI is InChI=1S/C20H25N3O/c1-4-23(17-11-6-5-7-12-17)18-13-22(14-18)20(24)21-19-15(2)9-8-10-16(19)3/h5-12,18H,4,13-14H2,1-3H3,(H,21,24). The first-order valence-corrected chi connectivity index (χ1v) is 8.54. The zero-order valence-corrected chi connectivity index (χ0v) is 14.6. The molecule has 2 aromatic carbocycles. The number of hydrogen-bond donors (Lipinski definition) is 1. The van der Waals surface area contributed by atoms with Gasteiger partial charge in [0.1, 0.15) is 0 Å². The summed E-state index contributed by atoms with van der Waals surface area (Å²) in [4.78, 5) is 16.7. The first-order valence-electron chi connectivity index (χ1n) is 8.54. The summed E-state index contributed by atoms with van der Waals surface area (Å²) < 4.78 is 0. The average molecular weight is 323 g/mol. The van der Waals surface area contributed by atoms with Gasteiger partial charge in [-0.2, -0.15) is 0 Å². The molecule has 2 amide bonds. The highest BCUT2D eigenvalue weighted by atomic mass is 16.2.